The predicted molar refractivity (Wildman–Crippen MR) is 92.6 cm³/mol. The van der Waals surface area contributed by atoms with E-state index in [0.717, 1.165) is 33.5 Å². The number of carbonyl (C=O) groups excluding carboxylic acids is 1. The molecule has 2 N–H and O–H groups in total. The van der Waals surface area contributed by atoms with Crippen molar-refractivity contribution in [3.8, 4) is 5.75 Å². The van der Waals surface area contributed by atoms with E-state index in [2.05, 4.69) is 26.6 Å². The molecule has 0 atom stereocenters. The molecule has 0 aliphatic carbocycles. The van der Waals surface area contributed by atoms with Crippen LogP contribution in [0, 0.1) is 6.92 Å². The fraction of sp³-hybridized carbons (Fsp3) is 0.235. The third kappa shape index (κ3) is 4.77. The zero-order chi connectivity index (χ0) is 15.9. The monoisotopic (exact) mass is 362 g/mol. The van der Waals surface area contributed by atoms with Crippen molar-refractivity contribution < 1.29 is 9.53 Å². The van der Waals surface area contributed by atoms with Crippen LogP contribution in [0.4, 0.5) is 10.5 Å². The molecule has 4 nitrogen and oxygen atoms in total. The van der Waals surface area contributed by atoms with Gasteiger partial charge in [-0.2, -0.15) is 0 Å². The number of urea groups is 1. The van der Waals surface area contributed by atoms with Crippen molar-refractivity contribution in [1.29, 1.82) is 0 Å². The van der Waals surface area contributed by atoms with Crippen LogP contribution in [0.1, 0.15) is 11.1 Å². The second-order valence-corrected chi connectivity index (χ2v) is 5.80. The topological polar surface area (TPSA) is 50.4 Å². The van der Waals surface area contributed by atoms with Crippen molar-refractivity contribution in [3.63, 3.8) is 0 Å². The normalized spacial score (nSPS) is 10.1. The lowest BCUT2D eigenvalue weighted by molar-refractivity contribution is 0.252. The summed E-state index contributed by atoms with van der Waals surface area (Å²) in [5.74, 6) is 0.826. The Hall–Kier alpha value is -2.01. The Morgan fingerprint density at radius 3 is 2.77 bits per heavy atom. The Bertz CT molecular complexity index is 659. The fourth-order valence-electron chi connectivity index (χ4n) is 2.05. The number of aryl methyl sites for hydroxylation is 1. The lowest BCUT2D eigenvalue weighted by Crippen LogP contribution is -2.30. The highest BCUT2D eigenvalue weighted by molar-refractivity contribution is 9.10. The number of benzene rings is 2. The first-order chi connectivity index (χ1) is 10.6. The van der Waals surface area contributed by atoms with Gasteiger partial charge in [0.2, 0.25) is 0 Å². The van der Waals surface area contributed by atoms with Crippen molar-refractivity contribution >= 4 is 27.6 Å². The van der Waals surface area contributed by atoms with E-state index in [4.69, 9.17) is 4.74 Å². The minimum Gasteiger partial charge on any atom is -0.497 e. The van der Waals surface area contributed by atoms with Crippen molar-refractivity contribution in [1.82, 2.24) is 5.32 Å². The van der Waals surface area contributed by atoms with Crippen LogP contribution in [0.2, 0.25) is 0 Å². The molecule has 0 heterocycles. The average molecular weight is 363 g/mol. The Morgan fingerprint density at radius 2 is 2.05 bits per heavy atom. The zero-order valence-corrected chi connectivity index (χ0v) is 14.2. The number of methoxy groups -OCH3 is 1. The van der Waals surface area contributed by atoms with Crippen molar-refractivity contribution in [2.24, 2.45) is 0 Å². The smallest absolute Gasteiger partial charge is 0.319 e. The maximum absolute atomic E-state index is 11.9. The van der Waals surface area contributed by atoms with Gasteiger partial charge in [-0.15, -0.1) is 0 Å². The van der Waals surface area contributed by atoms with E-state index >= 15 is 0 Å². The van der Waals surface area contributed by atoms with Gasteiger partial charge in [-0.05, 0) is 54.8 Å². The fourth-order valence-corrected chi connectivity index (χ4v) is 2.29. The largest absolute Gasteiger partial charge is 0.497 e. The van der Waals surface area contributed by atoms with Crippen LogP contribution < -0.4 is 15.4 Å². The van der Waals surface area contributed by atoms with E-state index in [0.29, 0.717) is 6.54 Å². The molecule has 0 unspecified atom stereocenters. The van der Waals surface area contributed by atoms with E-state index < -0.39 is 0 Å². The first kappa shape index (κ1) is 16.4. The number of halogens is 1. The maximum atomic E-state index is 11.9. The number of amides is 2. The highest BCUT2D eigenvalue weighted by atomic mass is 79.9. The van der Waals surface area contributed by atoms with E-state index in [1.54, 1.807) is 7.11 Å². The molecule has 22 heavy (non-hydrogen) atoms. The first-order valence-corrected chi connectivity index (χ1v) is 7.81. The number of hydrogen-bond donors (Lipinski definition) is 2. The predicted octanol–water partition coefficient (Wildman–Crippen LogP) is 4.13. The number of carbonyl (C=O) groups is 1. The Morgan fingerprint density at radius 1 is 1.23 bits per heavy atom. The maximum Gasteiger partial charge on any atom is 0.319 e. The Kier molecular flexibility index (Phi) is 5.83. The van der Waals surface area contributed by atoms with Gasteiger partial charge in [0.1, 0.15) is 5.75 Å². The number of ether oxygens (including phenoxy) is 1. The summed E-state index contributed by atoms with van der Waals surface area (Å²) >= 11 is 3.44. The molecule has 2 amide bonds. The van der Waals surface area contributed by atoms with Crippen LogP contribution in [0.5, 0.6) is 5.75 Å². The summed E-state index contributed by atoms with van der Waals surface area (Å²) in [6.45, 7) is 2.55. The minimum absolute atomic E-state index is 0.204. The molecule has 116 valence electrons. The van der Waals surface area contributed by atoms with E-state index in [1.807, 2.05) is 49.4 Å². The third-order valence-electron chi connectivity index (χ3n) is 3.25. The lowest BCUT2D eigenvalue weighted by Gasteiger charge is -2.09. The molecule has 0 spiro atoms. The van der Waals surface area contributed by atoms with Gasteiger partial charge >= 0.3 is 6.03 Å². The van der Waals surface area contributed by atoms with Crippen LogP contribution in [0.25, 0.3) is 0 Å². The van der Waals surface area contributed by atoms with Crippen molar-refractivity contribution in [2.75, 3.05) is 19.0 Å². The minimum atomic E-state index is -0.204. The molecule has 0 radical (unpaired) electrons. The molecule has 0 fully saturated rings. The molecule has 5 heteroatoms. The molecule has 2 aromatic carbocycles. The molecule has 0 aliphatic heterocycles. The Labute approximate surface area is 139 Å². The Balaban J connectivity index is 1.81. The first-order valence-electron chi connectivity index (χ1n) is 7.02. The number of anilines is 1. The van der Waals surface area contributed by atoms with Gasteiger partial charge in [0.25, 0.3) is 0 Å². The molecule has 0 aromatic heterocycles. The number of hydrogen-bond acceptors (Lipinski definition) is 2. The summed E-state index contributed by atoms with van der Waals surface area (Å²) < 4.78 is 6.20. The highest BCUT2D eigenvalue weighted by Crippen LogP contribution is 2.19. The van der Waals surface area contributed by atoms with Gasteiger partial charge < -0.3 is 15.4 Å². The average Bonchev–Trinajstić information content (AvgIpc) is 2.51. The van der Waals surface area contributed by atoms with Crippen molar-refractivity contribution in [3.05, 3.63) is 58.1 Å². The van der Waals surface area contributed by atoms with E-state index in [-0.39, 0.29) is 6.03 Å². The summed E-state index contributed by atoms with van der Waals surface area (Å²) in [5.41, 5.74) is 2.98. The summed E-state index contributed by atoms with van der Waals surface area (Å²) in [5, 5.41) is 5.67. The summed E-state index contributed by atoms with van der Waals surface area (Å²) in [6.07, 6.45) is 0.754. The van der Waals surface area contributed by atoms with E-state index in [1.165, 1.54) is 0 Å². The molecular formula is C17H19BrN2O2. The molecule has 2 rings (SSSR count). The van der Waals surface area contributed by atoms with Crippen LogP contribution in [0.3, 0.4) is 0 Å². The van der Waals surface area contributed by atoms with Gasteiger partial charge in [0, 0.05) is 16.7 Å². The summed E-state index contributed by atoms with van der Waals surface area (Å²) in [4.78, 5) is 11.9. The molecule has 0 aliphatic rings. The van der Waals surface area contributed by atoms with Crippen LogP contribution in [-0.4, -0.2) is 19.7 Å². The quantitative estimate of drug-likeness (QED) is 0.839. The summed E-state index contributed by atoms with van der Waals surface area (Å²) in [7, 11) is 1.64. The van der Waals surface area contributed by atoms with Gasteiger partial charge in [0.15, 0.2) is 0 Å². The van der Waals surface area contributed by atoms with Gasteiger partial charge in [0.05, 0.1) is 7.11 Å². The third-order valence-corrected chi connectivity index (χ3v) is 4.14. The standard InChI is InChI=1S/C17H19BrN2O2/c1-12-10-14(6-7-16(12)18)20-17(21)19-9-8-13-4-3-5-15(11-13)22-2/h3-7,10-11H,8-9H2,1-2H3,(H2,19,20,21). The number of nitrogens with one attached hydrogen (secondary N) is 2. The van der Waals surface area contributed by atoms with Crippen LogP contribution in [0.15, 0.2) is 46.9 Å². The van der Waals surface area contributed by atoms with E-state index in [9.17, 15) is 4.79 Å². The van der Waals surface area contributed by atoms with Gasteiger partial charge in [-0.3, -0.25) is 0 Å². The highest BCUT2D eigenvalue weighted by Gasteiger charge is 2.03. The summed E-state index contributed by atoms with van der Waals surface area (Å²) in [6, 6.07) is 13.3. The molecule has 0 saturated heterocycles. The second kappa shape index (κ2) is 7.84. The molecular weight excluding hydrogens is 344 g/mol. The van der Waals surface area contributed by atoms with Crippen molar-refractivity contribution in [2.45, 2.75) is 13.3 Å². The van der Waals surface area contributed by atoms with Crippen LogP contribution >= 0.6 is 15.9 Å². The lowest BCUT2D eigenvalue weighted by atomic mass is 10.1. The molecule has 0 bridgehead atoms. The molecule has 2 aromatic rings. The van der Waals surface area contributed by atoms with Gasteiger partial charge in [-0.1, -0.05) is 28.1 Å². The second-order valence-electron chi connectivity index (χ2n) is 4.95. The molecule has 0 saturated carbocycles. The SMILES string of the molecule is COc1cccc(CCNC(=O)Nc2ccc(Br)c(C)c2)c1. The number of rotatable bonds is 5. The van der Waals surface area contributed by atoms with Gasteiger partial charge in [-0.25, -0.2) is 4.79 Å². The van der Waals surface area contributed by atoms with Crippen LogP contribution in [-0.2, 0) is 6.42 Å². The zero-order valence-electron chi connectivity index (χ0n) is 12.7.